The molecular formula is C11H2F20O10. The molecule has 8 atom stereocenters. The van der Waals surface area contributed by atoms with Crippen molar-refractivity contribution in [2.75, 3.05) is 0 Å². The smallest absolute Gasteiger partial charge is 0.300 e. The zero-order chi connectivity index (χ0) is 33.1. The van der Waals surface area contributed by atoms with Crippen LogP contribution in [-0.2, 0) is 49.3 Å². The van der Waals surface area contributed by atoms with Gasteiger partial charge in [-0.2, -0.15) is 58.2 Å². The zero-order valence-corrected chi connectivity index (χ0v) is 17.3. The first kappa shape index (κ1) is 38.9. The first-order valence-corrected chi connectivity index (χ1v) is 8.19. The number of rotatable bonds is 18. The maximum Gasteiger partial charge on any atom is 0.436 e. The summed E-state index contributed by atoms with van der Waals surface area (Å²) < 4.78 is 272. The van der Waals surface area contributed by atoms with Crippen LogP contribution in [0.5, 0.6) is 0 Å². The summed E-state index contributed by atoms with van der Waals surface area (Å²) in [6, 6.07) is 0. The molecule has 0 N–H and O–H groups in total. The third-order valence-corrected chi connectivity index (χ3v) is 4.80. The van der Waals surface area contributed by atoms with Crippen LogP contribution in [0.1, 0.15) is 0 Å². The predicted molar refractivity (Wildman–Crippen MR) is 66.4 cm³/mol. The second-order valence-electron chi connectivity index (χ2n) is 6.58. The van der Waals surface area contributed by atoms with Gasteiger partial charge < -0.3 is 4.79 Å². The molecule has 0 spiro atoms. The highest BCUT2D eigenvalue weighted by Gasteiger charge is 3.01. The quantitative estimate of drug-likeness (QED) is 0.136. The normalized spacial score (nSPS) is 24.4. The lowest BCUT2D eigenvalue weighted by Crippen LogP contribution is -2.85. The molecule has 0 aliphatic carbocycles. The highest BCUT2D eigenvalue weighted by molar-refractivity contribution is 5.58. The van der Waals surface area contributed by atoms with E-state index in [9.17, 15) is 76.3 Å². The number of hydrogen-bond donors (Lipinski definition) is 0. The van der Waals surface area contributed by atoms with E-state index in [4.69, 9.17) is 0 Å². The van der Waals surface area contributed by atoms with Gasteiger partial charge in [0.05, 0.1) is 0 Å². The minimum Gasteiger partial charge on any atom is -0.300 e. The third kappa shape index (κ3) is 4.53. The van der Waals surface area contributed by atoms with E-state index >= 15 is 17.6 Å². The summed E-state index contributed by atoms with van der Waals surface area (Å²) in [5.41, 5.74) is -8.35. The minimum absolute atomic E-state index is 0.996. The molecule has 30 heteroatoms. The van der Waals surface area contributed by atoms with Crippen molar-refractivity contribution in [3.8, 4) is 0 Å². The molecule has 10 nitrogen and oxygen atoms in total. The van der Waals surface area contributed by atoms with Gasteiger partial charge in [0.2, 0.25) is 6.10 Å². The van der Waals surface area contributed by atoms with E-state index in [0.29, 0.717) is 0 Å². The lowest BCUT2D eigenvalue weighted by Gasteiger charge is -2.50. The Morgan fingerprint density at radius 3 is 1.00 bits per heavy atom. The molecule has 0 aliphatic heterocycles. The van der Waals surface area contributed by atoms with Gasteiger partial charge in [-0.25, -0.2) is 0 Å². The number of hydrogen-bond acceptors (Lipinski definition) is 10. The van der Waals surface area contributed by atoms with E-state index in [0.717, 1.165) is 24.7 Å². The van der Waals surface area contributed by atoms with Crippen molar-refractivity contribution < 1.29 is 138 Å². The van der Waals surface area contributed by atoms with Crippen molar-refractivity contribution in [2.24, 2.45) is 0 Å². The molecule has 0 aromatic rings. The Kier molecular flexibility index (Phi) is 11.6. The molecule has 0 radical (unpaired) electrons. The number of alkyl halides is 11. The van der Waals surface area contributed by atoms with Crippen LogP contribution < -0.4 is 0 Å². The summed E-state index contributed by atoms with van der Waals surface area (Å²) in [7, 11) is 0. The van der Waals surface area contributed by atoms with Crippen LogP contribution in [0.4, 0.5) is 89.0 Å². The van der Waals surface area contributed by atoms with Crippen LogP contribution >= 0.6 is 0 Å². The Labute approximate surface area is 205 Å². The zero-order valence-electron chi connectivity index (χ0n) is 17.3. The van der Waals surface area contributed by atoms with Crippen molar-refractivity contribution >= 4 is 6.29 Å². The Hall–Kier alpha value is -2.09. The van der Waals surface area contributed by atoms with E-state index in [1.54, 1.807) is 4.94 Å². The second-order valence-corrected chi connectivity index (χ2v) is 6.58. The fraction of sp³-hybridized carbons (Fsp3) is 0.909. The number of halogens is 20. The van der Waals surface area contributed by atoms with Crippen molar-refractivity contribution in [2.45, 2.75) is 59.1 Å². The van der Waals surface area contributed by atoms with Crippen LogP contribution in [0.15, 0.2) is 0 Å². The molecular weight excluding hydrogens is 672 g/mol. The predicted octanol–water partition coefficient (Wildman–Crippen LogP) is 5.55. The summed E-state index contributed by atoms with van der Waals surface area (Å²) in [4.78, 5) is 21.8. The number of carbonyl (C=O) groups excluding carboxylic acids is 1. The monoisotopic (exact) mass is 674 g/mol. The Bertz CT molecular complexity index is 889. The average molecular weight is 674 g/mol. The molecule has 41 heavy (non-hydrogen) atoms. The molecule has 0 aromatic heterocycles. The molecule has 0 saturated carbocycles. The van der Waals surface area contributed by atoms with E-state index in [-0.39, 0.29) is 0 Å². The van der Waals surface area contributed by atoms with Crippen LogP contribution in [0.2, 0.25) is 0 Å². The van der Waals surface area contributed by atoms with Gasteiger partial charge in [0.15, 0.2) is 6.29 Å². The molecule has 8 unspecified atom stereocenters. The standard InChI is InChI=1S/C11H2F20O10/c12-3(34-24,2(1-32)33-23)5(13,36-26)7(15,38-28)9(17,40-30)8(16,39-29)6(14,37-27)4(35-25,10(18,19)20)11(21,22)41-31/h1-2H. The van der Waals surface area contributed by atoms with E-state index in [1.807, 2.05) is 4.94 Å². The third-order valence-electron chi connectivity index (χ3n) is 4.80. The van der Waals surface area contributed by atoms with E-state index < -0.39 is 65.4 Å². The van der Waals surface area contributed by atoms with Crippen LogP contribution in [-0.4, -0.2) is 65.4 Å². The summed E-state index contributed by atoms with van der Waals surface area (Å²) >= 11 is 0. The summed E-state index contributed by atoms with van der Waals surface area (Å²) in [6.07, 6.45) is -23.0. The topological polar surface area (TPSA) is 100 Å². The number of aldehydes is 1. The molecule has 0 aromatic carbocycles. The highest BCUT2D eigenvalue weighted by atomic mass is 19.4. The number of carbonyl (C=O) groups is 1. The summed E-state index contributed by atoms with van der Waals surface area (Å²) in [5, 5.41) is 0. The molecule has 0 aliphatic rings. The van der Waals surface area contributed by atoms with Gasteiger partial charge in [0, 0.05) is 0 Å². The molecule has 246 valence electrons. The lowest BCUT2D eigenvalue weighted by atomic mass is 9.78. The molecule has 0 heterocycles. The Morgan fingerprint density at radius 1 is 0.439 bits per heavy atom. The fourth-order valence-electron chi connectivity index (χ4n) is 2.74. The average Bonchev–Trinajstić information content (AvgIpc) is 2.94. The van der Waals surface area contributed by atoms with Crippen LogP contribution in [0, 0.1) is 0 Å². The fourth-order valence-corrected chi connectivity index (χ4v) is 2.74. The van der Waals surface area contributed by atoms with Crippen LogP contribution in [0.3, 0.4) is 0 Å². The van der Waals surface area contributed by atoms with Gasteiger partial charge in [-0.15, -0.1) is 34.6 Å². The molecule has 0 bridgehead atoms. The van der Waals surface area contributed by atoms with Gasteiger partial charge in [-0.05, 0) is 40.7 Å². The Morgan fingerprint density at radius 2 is 0.780 bits per heavy atom. The second kappa shape index (κ2) is 12.3. The van der Waals surface area contributed by atoms with Gasteiger partial charge in [-0.1, -0.05) is 0 Å². The van der Waals surface area contributed by atoms with Crippen molar-refractivity contribution in [3.63, 3.8) is 0 Å². The van der Waals surface area contributed by atoms with Gasteiger partial charge in [0.1, 0.15) is 0 Å². The van der Waals surface area contributed by atoms with Crippen molar-refractivity contribution in [1.29, 1.82) is 0 Å². The highest BCUT2D eigenvalue weighted by Crippen LogP contribution is 2.66. The summed E-state index contributed by atoms with van der Waals surface area (Å²) in [6.45, 7) is 0. The molecule has 0 rings (SSSR count). The van der Waals surface area contributed by atoms with Gasteiger partial charge in [-0.3, -0.25) is 0 Å². The maximum atomic E-state index is 15.1. The molecule has 0 amide bonds. The van der Waals surface area contributed by atoms with Crippen molar-refractivity contribution in [1.82, 2.24) is 0 Å². The molecule has 0 saturated heterocycles. The minimum atomic E-state index is -8.66. The van der Waals surface area contributed by atoms with Gasteiger partial charge >= 0.3 is 53.0 Å². The van der Waals surface area contributed by atoms with Gasteiger partial charge in [0.25, 0.3) is 0 Å². The molecule has 0 fully saturated rings. The first-order valence-electron chi connectivity index (χ1n) is 8.19. The van der Waals surface area contributed by atoms with Crippen molar-refractivity contribution in [3.05, 3.63) is 0 Å². The lowest BCUT2D eigenvalue weighted by molar-refractivity contribution is -0.634. The maximum absolute atomic E-state index is 15.1. The van der Waals surface area contributed by atoms with E-state index in [2.05, 4.69) is 0 Å². The van der Waals surface area contributed by atoms with E-state index in [1.165, 1.54) is 9.88 Å². The van der Waals surface area contributed by atoms with Crippen LogP contribution in [0.25, 0.3) is 0 Å². The summed E-state index contributed by atoms with van der Waals surface area (Å²) in [5.74, 6) is -49.0. The SMILES string of the molecule is O=CC(OF)C(F)(OF)C(F)(OF)C(F)(OF)C(F)(OF)C(F)(OF)C(F)(OF)C(OF)(C(F)(F)F)C(F)(F)OF. The largest absolute Gasteiger partial charge is 0.436 e. The first-order chi connectivity index (χ1) is 18.5. The Balaban J connectivity index is 8.41.